The molecule has 10 heteroatoms. The van der Waals surface area contributed by atoms with Crippen molar-refractivity contribution in [2.24, 2.45) is 5.92 Å². The molecule has 214 valence electrons. The number of carbonyl (C=O) groups is 2. The minimum absolute atomic E-state index is 0.0599. The molecule has 1 aromatic heterocycles. The van der Waals surface area contributed by atoms with Crippen molar-refractivity contribution < 1.29 is 23.8 Å². The highest BCUT2D eigenvalue weighted by atomic mass is 16.5. The summed E-state index contributed by atoms with van der Waals surface area (Å²) in [5, 5.41) is 3.97. The molecule has 0 radical (unpaired) electrons. The quantitative estimate of drug-likeness (QED) is 0.631. The van der Waals surface area contributed by atoms with Crippen molar-refractivity contribution in [3.05, 3.63) is 17.7 Å². The number of aromatic nitrogens is 1. The maximum absolute atomic E-state index is 12.7. The number of methoxy groups -OCH3 is 3. The summed E-state index contributed by atoms with van der Waals surface area (Å²) >= 11 is 0. The van der Waals surface area contributed by atoms with E-state index in [2.05, 4.69) is 28.1 Å². The highest BCUT2D eigenvalue weighted by Gasteiger charge is 2.27. The van der Waals surface area contributed by atoms with Gasteiger partial charge in [0, 0.05) is 56.7 Å². The van der Waals surface area contributed by atoms with Crippen LogP contribution in [-0.2, 0) is 16.1 Å². The Balaban J connectivity index is 1.76. The number of benzene rings is 1. The molecule has 1 aromatic carbocycles. The molecule has 2 aliphatic rings. The van der Waals surface area contributed by atoms with Crippen LogP contribution in [0.3, 0.4) is 0 Å². The number of rotatable bonds is 4. The van der Waals surface area contributed by atoms with Crippen LogP contribution in [-0.4, -0.2) is 93.7 Å². The second-order valence-corrected chi connectivity index (χ2v) is 10.5. The van der Waals surface area contributed by atoms with Gasteiger partial charge in [0.05, 0.1) is 33.4 Å². The van der Waals surface area contributed by atoms with Gasteiger partial charge in [0.2, 0.25) is 17.6 Å². The van der Waals surface area contributed by atoms with Crippen LogP contribution >= 0.6 is 0 Å². The molecule has 2 aromatic rings. The van der Waals surface area contributed by atoms with Crippen LogP contribution in [0.1, 0.15) is 45.1 Å². The molecule has 2 bridgehead atoms. The van der Waals surface area contributed by atoms with E-state index < -0.39 is 0 Å². The number of carbonyl (C=O) groups excluding carboxylic acids is 2. The maximum atomic E-state index is 12.7. The van der Waals surface area contributed by atoms with Crippen molar-refractivity contribution in [2.45, 2.75) is 46.1 Å². The number of nitrogens with one attached hydrogen (secondary N) is 1. The molecular weight excluding hydrogens is 498 g/mol. The first-order valence-corrected chi connectivity index (χ1v) is 14.0. The number of piperidine rings is 1. The van der Waals surface area contributed by atoms with E-state index in [4.69, 9.17) is 19.2 Å². The lowest BCUT2D eigenvalue weighted by molar-refractivity contribution is -0.134. The number of ether oxygens (including phenoxy) is 3. The SMILES string of the molecule is CCN1CCCCN(C(C)=O)CC(=O)NCC2CCCN(C2)c2nc3cc(OC)c(OC)c(OC)c3cc2C1. The lowest BCUT2D eigenvalue weighted by Gasteiger charge is -2.36. The van der Waals surface area contributed by atoms with Crippen LogP contribution in [0.5, 0.6) is 17.2 Å². The number of hydrogen-bond acceptors (Lipinski definition) is 8. The molecule has 0 aliphatic carbocycles. The van der Waals surface area contributed by atoms with Gasteiger partial charge in [-0.15, -0.1) is 0 Å². The van der Waals surface area contributed by atoms with Crippen LogP contribution in [0, 0.1) is 5.92 Å². The Hall–Kier alpha value is -3.27. The van der Waals surface area contributed by atoms with E-state index in [0.717, 1.165) is 80.7 Å². The first-order valence-electron chi connectivity index (χ1n) is 14.0. The first kappa shape index (κ1) is 28.7. The fourth-order valence-electron chi connectivity index (χ4n) is 5.70. The fourth-order valence-corrected chi connectivity index (χ4v) is 5.70. The predicted molar refractivity (Wildman–Crippen MR) is 152 cm³/mol. The van der Waals surface area contributed by atoms with E-state index in [1.54, 1.807) is 26.2 Å². The van der Waals surface area contributed by atoms with Crippen molar-refractivity contribution in [3.63, 3.8) is 0 Å². The molecule has 0 spiro atoms. The third kappa shape index (κ3) is 6.66. The third-order valence-corrected chi connectivity index (χ3v) is 7.86. The van der Waals surface area contributed by atoms with E-state index in [1.807, 2.05) is 6.07 Å². The van der Waals surface area contributed by atoms with Gasteiger partial charge in [0.15, 0.2) is 11.5 Å². The Bertz CT molecular complexity index is 1170. The Morgan fingerprint density at radius 1 is 1.03 bits per heavy atom. The molecule has 2 amide bonds. The Kier molecular flexibility index (Phi) is 9.72. The summed E-state index contributed by atoms with van der Waals surface area (Å²) in [6.07, 6.45) is 3.82. The third-order valence-electron chi connectivity index (χ3n) is 7.86. The van der Waals surface area contributed by atoms with Crippen LogP contribution in [0.15, 0.2) is 12.1 Å². The van der Waals surface area contributed by atoms with Crippen LogP contribution in [0.4, 0.5) is 5.82 Å². The minimum atomic E-state index is -0.0951. The van der Waals surface area contributed by atoms with Gasteiger partial charge in [-0.05, 0) is 50.8 Å². The van der Waals surface area contributed by atoms with E-state index >= 15 is 0 Å². The maximum Gasteiger partial charge on any atom is 0.239 e. The molecular formula is C29H43N5O5. The van der Waals surface area contributed by atoms with E-state index in [-0.39, 0.29) is 18.4 Å². The van der Waals surface area contributed by atoms with Gasteiger partial charge in [-0.1, -0.05) is 6.92 Å². The Morgan fingerprint density at radius 3 is 2.49 bits per heavy atom. The summed E-state index contributed by atoms with van der Waals surface area (Å²) in [7, 11) is 4.87. The minimum Gasteiger partial charge on any atom is -0.493 e. The zero-order chi connectivity index (χ0) is 27.9. The van der Waals surface area contributed by atoms with Crippen LogP contribution in [0.25, 0.3) is 10.9 Å². The molecule has 1 fully saturated rings. The summed E-state index contributed by atoms with van der Waals surface area (Å²) < 4.78 is 17.1. The normalized spacial score (nSPS) is 19.8. The van der Waals surface area contributed by atoms with Crippen molar-refractivity contribution in [3.8, 4) is 17.2 Å². The summed E-state index contributed by atoms with van der Waals surface area (Å²) in [5.74, 6) is 2.86. The lowest BCUT2D eigenvalue weighted by Crippen LogP contribution is -2.45. The molecule has 3 heterocycles. The largest absolute Gasteiger partial charge is 0.493 e. The number of fused-ring (bicyclic) bond motifs is 5. The first-order chi connectivity index (χ1) is 18.9. The van der Waals surface area contributed by atoms with Gasteiger partial charge in [-0.2, -0.15) is 0 Å². The highest BCUT2D eigenvalue weighted by Crippen LogP contribution is 2.44. The molecule has 2 aliphatic heterocycles. The lowest BCUT2D eigenvalue weighted by atomic mass is 9.97. The zero-order valence-electron chi connectivity index (χ0n) is 24.0. The molecule has 1 saturated heterocycles. The monoisotopic (exact) mass is 541 g/mol. The van der Waals surface area contributed by atoms with Crippen molar-refractivity contribution >= 4 is 28.5 Å². The Morgan fingerprint density at radius 2 is 1.79 bits per heavy atom. The zero-order valence-corrected chi connectivity index (χ0v) is 24.0. The summed E-state index contributed by atoms with van der Waals surface area (Å²) in [5.41, 5.74) is 1.93. The fraction of sp³-hybridized carbons (Fsp3) is 0.621. The Labute approximate surface area is 231 Å². The smallest absolute Gasteiger partial charge is 0.239 e. The summed E-state index contributed by atoms with van der Waals surface area (Å²) in [6.45, 7) is 9.24. The van der Waals surface area contributed by atoms with Crippen molar-refractivity contribution in [1.29, 1.82) is 0 Å². The molecule has 39 heavy (non-hydrogen) atoms. The van der Waals surface area contributed by atoms with Gasteiger partial charge in [0.1, 0.15) is 5.82 Å². The number of pyridine rings is 1. The molecule has 1 N–H and O–H groups in total. The van der Waals surface area contributed by atoms with Gasteiger partial charge >= 0.3 is 0 Å². The van der Waals surface area contributed by atoms with E-state index in [9.17, 15) is 9.59 Å². The topological polar surface area (TPSA) is 96.5 Å². The molecule has 1 atom stereocenters. The average molecular weight is 542 g/mol. The second kappa shape index (κ2) is 13.2. The number of hydrogen-bond donors (Lipinski definition) is 1. The number of nitrogens with zero attached hydrogens (tertiary/aromatic N) is 4. The van der Waals surface area contributed by atoms with Crippen molar-refractivity contribution in [2.75, 3.05) is 72.0 Å². The molecule has 4 rings (SSSR count). The predicted octanol–water partition coefficient (Wildman–Crippen LogP) is 3.06. The van der Waals surface area contributed by atoms with Gasteiger partial charge in [0.25, 0.3) is 0 Å². The van der Waals surface area contributed by atoms with E-state index in [1.165, 1.54) is 6.92 Å². The molecule has 0 saturated carbocycles. The molecule has 1 unspecified atom stereocenters. The van der Waals surface area contributed by atoms with Crippen LogP contribution in [0.2, 0.25) is 0 Å². The van der Waals surface area contributed by atoms with Crippen molar-refractivity contribution in [1.82, 2.24) is 20.1 Å². The molecule has 10 nitrogen and oxygen atoms in total. The van der Waals surface area contributed by atoms with Gasteiger partial charge in [-0.3, -0.25) is 14.5 Å². The highest BCUT2D eigenvalue weighted by molar-refractivity contribution is 5.92. The average Bonchev–Trinajstić information content (AvgIpc) is 2.94. The van der Waals surface area contributed by atoms with Gasteiger partial charge in [-0.25, -0.2) is 4.98 Å². The van der Waals surface area contributed by atoms with Gasteiger partial charge < -0.3 is 29.3 Å². The van der Waals surface area contributed by atoms with Crippen LogP contribution < -0.4 is 24.4 Å². The number of anilines is 1. The number of amides is 2. The second-order valence-electron chi connectivity index (χ2n) is 10.5. The van der Waals surface area contributed by atoms with E-state index in [0.29, 0.717) is 36.3 Å². The standard InChI is InChI=1S/C29H43N5O5/c1-6-32-11-7-8-12-33(20(2)35)19-26(36)30-16-21-10-9-13-34(17-21)29-22(18-32)14-23-24(31-29)15-25(37-3)28(39-5)27(23)38-4/h14-15,21H,6-13,16-19H2,1-5H3,(H,30,36). The summed E-state index contributed by atoms with van der Waals surface area (Å²) in [6, 6.07) is 4.10. The summed E-state index contributed by atoms with van der Waals surface area (Å²) in [4.78, 5) is 36.5.